The SMILES string of the molecule is CCNC(=O)[C@H](CC)N(Cc1cccc(C)c1)C(=O)CN(c1ccc(I)cc1)S(=O)(=O)c1ccccc1. The second-order valence-corrected chi connectivity index (χ2v) is 11.7. The topological polar surface area (TPSA) is 86.8 Å². The van der Waals surface area contributed by atoms with Crippen LogP contribution in [0.5, 0.6) is 0 Å². The first kappa shape index (κ1) is 28.6. The molecule has 0 heterocycles. The number of carbonyl (C=O) groups is 2. The first-order chi connectivity index (χ1) is 17.7. The van der Waals surface area contributed by atoms with Crippen molar-refractivity contribution < 1.29 is 18.0 Å². The maximum absolute atomic E-state index is 13.9. The summed E-state index contributed by atoms with van der Waals surface area (Å²) in [5, 5.41) is 2.81. The van der Waals surface area contributed by atoms with E-state index in [1.165, 1.54) is 17.0 Å². The number of hydrogen-bond donors (Lipinski definition) is 1. The van der Waals surface area contributed by atoms with Gasteiger partial charge in [0.2, 0.25) is 11.8 Å². The van der Waals surface area contributed by atoms with Crippen LogP contribution in [0.3, 0.4) is 0 Å². The fourth-order valence-electron chi connectivity index (χ4n) is 4.07. The first-order valence-electron chi connectivity index (χ1n) is 12.1. The highest BCUT2D eigenvalue weighted by atomic mass is 127. The van der Waals surface area contributed by atoms with Gasteiger partial charge in [-0.2, -0.15) is 0 Å². The average molecular weight is 634 g/mol. The van der Waals surface area contributed by atoms with Crippen LogP contribution in [0.1, 0.15) is 31.4 Å². The molecule has 0 spiro atoms. The third kappa shape index (κ3) is 7.32. The number of anilines is 1. The van der Waals surface area contributed by atoms with E-state index in [0.29, 0.717) is 18.7 Å². The number of nitrogens with zero attached hydrogens (tertiary/aromatic N) is 2. The number of likely N-dealkylation sites (N-methyl/N-ethyl adjacent to an activating group) is 1. The largest absolute Gasteiger partial charge is 0.355 e. The molecule has 0 bridgehead atoms. The van der Waals surface area contributed by atoms with Crippen LogP contribution in [0.25, 0.3) is 0 Å². The highest BCUT2D eigenvalue weighted by Gasteiger charge is 2.33. The Balaban J connectivity index is 2.04. The second-order valence-electron chi connectivity index (χ2n) is 8.63. The van der Waals surface area contributed by atoms with Crippen molar-refractivity contribution in [1.29, 1.82) is 0 Å². The second kappa shape index (κ2) is 13.0. The molecule has 0 aliphatic carbocycles. The van der Waals surface area contributed by atoms with E-state index in [-0.39, 0.29) is 17.3 Å². The standard InChI is InChI=1S/C28H32IN3O4S/c1-4-26(28(34)30-5-2)31(19-22-11-9-10-21(3)18-22)27(33)20-32(24-16-14-23(29)15-17-24)37(35,36)25-12-7-6-8-13-25/h6-18,26H,4-5,19-20H2,1-3H3,(H,30,34)/t26-/m0/s1. The summed E-state index contributed by atoms with van der Waals surface area (Å²) in [5.41, 5.74) is 2.27. The molecule has 0 radical (unpaired) electrons. The number of nitrogens with one attached hydrogen (secondary N) is 1. The minimum absolute atomic E-state index is 0.0855. The fraction of sp³-hybridized carbons (Fsp3) is 0.286. The molecule has 3 aromatic rings. The molecule has 0 aliphatic heterocycles. The molecule has 0 aromatic heterocycles. The van der Waals surface area contributed by atoms with Crippen molar-refractivity contribution in [3.05, 3.63) is 93.6 Å². The summed E-state index contributed by atoms with van der Waals surface area (Å²) < 4.78 is 29.5. The molecule has 0 fully saturated rings. The predicted molar refractivity (Wildman–Crippen MR) is 155 cm³/mol. The number of carbonyl (C=O) groups excluding carboxylic acids is 2. The Bertz CT molecular complexity index is 1310. The Morgan fingerprint density at radius 2 is 1.62 bits per heavy atom. The van der Waals surface area contributed by atoms with Gasteiger partial charge in [-0.05, 0) is 84.8 Å². The molecule has 3 aromatic carbocycles. The molecule has 2 amide bonds. The van der Waals surface area contributed by atoms with E-state index >= 15 is 0 Å². The summed E-state index contributed by atoms with van der Waals surface area (Å²) in [7, 11) is -4.06. The molecule has 7 nitrogen and oxygen atoms in total. The van der Waals surface area contributed by atoms with E-state index in [2.05, 4.69) is 27.9 Å². The lowest BCUT2D eigenvalue weighted by atomic mass is 10.1. The van der Waals surface area contributed by atoms with E-state index < -0.39 is 28.5 Å². The van der Waals surface area contributed by atoms with Gasteiger partial charge >= 0.3 is 0 Å². The monoisotopic (exact) mass is 633 g/mol. The molecule has 37 heavy (non-hydrogen) atoms. The molecule has 0 saturated carbocycles. The van der Waals surface area contributed by atoms with Gasteiger partial charge < -0.3 is 10.2 Å². The highest BCUT2D eigenvalue weighted by molar-refractivity contribution is 14.1. The van der Waals surface area contributed by atoms with Gasteiger partial charge in [-0.1, -0.05) is 55.0 Å². The normalized spacial score (nSPS) is 12.0. The van der Waals surface area contributed by atoms with Gasteiger partial charge in [-0.25, -0.2) is 8.42 Å². The van der Waals surface area contributed by atoms with Crippen LogP contribution in [0, 0.1) is 10.5 Å². The number of sulfonamides is 1. The predicted octanol–water partition coefficient (Wildman–Crippen LogP) is 4.74. The van der Waals surface area contributed by atoms with Crippen molar-refractivity contribution in [3.8, 4) is 0 Å². The van der Waals surface area contributed by atoms with Crippen LogP contribution in [0.15, 0.2) is 83.8 Å². The number of halogens is 1. The maximum atomic E-state index is 13.9. The van der Waals surface area contributed by atoms with Gasteiger partial charge in [-0.15, -0.1) is 0 Å². The summed E-state index contributed by atoms with van der Waals surface area (Å²) in [5.74, 6) is -0.726. The third-order valence-corrected chi connectivity index (χ3v) is 8.40. The number of benzene rings is 3. The zero-order chi connectivity index (χ0) is 27.0. The average Bonchev–Trinajstić information content (AvgIpc) is 2.88. The van der Waals surface area contributed by atoms with Gasteiger partial charge in [-0.3, -0.25) is 13.9 Å². The summed E-state index contributed by atoms with van der Waals surface area (Å²) >= 11 is 2.14. The van der Waals surface area contributed by atoms with Crippen LogP contribution in [0.2, 0.25) is 0 Å². The first-order valence-corrected chi connectivity index (χ1v) is 14.6. The van der Waals surface area contributed by atoms with E-state index in [1.54, 1.807) is 42.5 Å². The van der Waals surface area contributed by atoms with Crippen LogP contribution in [-0.4, -0.2) is 44.3 Å². The van der Waals surface area contributed by atoms with Crippen molar-refractivity contribution >= 4 is 50.1 Å². The molecule has 1 N–H and O–H groups in total. The zero-order valence-corrected chi connectivity index (χ0v) is 24.2. The molecule has 1 atom stereocenters. The number of hydrogen-bond acceptors (Lipinski definition) is 4. The van der Waals surface area contributed by atoms with Crippen molar-refractivity contribution in [2.75, 3.05) is 17.4 Å². The Labute approximate surface area is 233 Å². The maximum Gasteiger partial charge on any atom is 0.264 e. The minimum atomic E-state index is -4.06. The smallest absolute Gasteiger partial charge is 0.264 e. The number of rotatable bonds is 11. The minimum Gasteiger partial charge on any atom is -0.355 e. The summed E-state index contributed by atoms with van der Waals surface area (Å²) in [4.78, 5) is 28.4. The van der Waals surface area contributed by atoms with Crippen molar-refractivity contribution in [2.45, 2.75) is 44.7 Å². The Kier molecular flexibility index (Phi) is 10.1. The van der Waals surface area contributed by atoms with Gasteiger partial charge in [0.05, 0.1) is 10.6 Å². The Morgan fingerprint density at radius 3 is 2.22 bits per heavy atom. The highest BCUT2D eigenvalue weighted by Crippen LogP contribution is 2.25. The van der Waals surface area contributed by atoms with E-state index in [9.17, 15) is 18.0 Å². The molecular weight excluding hydrogens is 601 g/mol. The molecule has 0 unspecified atom stereocenters. The number of amides is 2. The van der Waals surface area contributed by atoms with Crippen molar-refractivity contribution in [3.63, 3.8) is 0 Å². The summed E-state index contributed by atoms with van der Waals surface area (Å²) in [6.45, 7) is 5.79. The Hall–Kier alpha value is -2.92. The van der Waals surface area contributed by atoms with Crippen LogP contribution in [0.4, 0.5) is 5.69 Å². The van der Waals surface area contributed by atoms with E-state index in [0.717, 1.165) is 19.0 Å². The lowest BCUT2D eigenvalue weighted by molar-refractivity contribution is -0.140. The zero-order valence-electron chi connectivity index (χ0n) is 21.2. The Morgan fingerprint density at radius 1 is 0.946 bits per heavy atom. The van der Waals surface area contributed by atoms with Crippen LogP contribution >= 0.6 is 22.6 Å². The van der Waals surface area contributed by atoms with Gasteiger partial charge in [0.1, 0.15) is 12.6 Å². The number of aryl methyl sites for hydroxylation is 1. The van der Waals surface area contributed by atoms with Crippen molar-refractivity contribution in [1.82, 2.24) is 10.2 Å². The molecule has 3 rings (SSSR count). The quantitative estimate of drug-likeness (QED) is 0.310. The third-order valence-electron chi connectivity index (χ3n) is 5.90. The molecule has 9 heteroatoms. The van der Waals surface area contributed by atoms with Crippen molar-refractivity contribution in [2.24, 2.45) is 0 Å². The summed E-state index contributed by atoms with van der Waals surface area (Å²) in [6.07, 6.45) is 0.387. The lowest BCUT2D eigenvalue weighted by Gasteiger charge is -2.33. The van der Waals surface area contributed by atoms with Gasteiger partial charge in [0.15, 0.2) is 0 Å². The molecule has 196 valence electrons. The van der Waals surface area contributed by atoms with E-state index in [4.69, 9.17) is 0 Å². The van der Waals surface area contributed by atoms with Gasteiger partial charge in [0.25, 0.3) is 10.0 Å². The molecule has 0 saturated heterocycles. The lowest BCUT2D eigenvalue weighted by Crippen LogP contribution is -2.52. The van der Waals surface area contributed by atoms with Gasteiger partial charge in [0, 0.05) is 16.7 Å². The molecular formula is C28H32IN3O4S. The van der Waals surface area contributed by atoms with E-state index in [1.807, 2.05) is 45.0 Å². The summed E-state index contributed by atoms with van der Waals surface area (Å²) in [6, 6.07) is 22.0. The van der Waals surface area contributed by atoms with Crippen LogP contribution < -0.4 is 9.62 Å². The van der Waals surface area contributed by atoms with Crippen LogP contribution in [-0.2, 0) is 26.2 Å². The molecule has 0 aliphatic rings. The fourth-order valence-corrected chi connectivity index (χ4v) is 5.87.